The normalized spacial score (nSPS) is 14.6. The molecule has 0 amide bonds. The molecule has 0 saturated heterocycles. The van der Waals surface area contributed by atoms with Gasteiger partial charge in [0.05, 0.1) is 11.0 Å². The van der Waals surface area contributed by atoms with Crippen molar-refractivity contribution in [3.8, 4) is 11.8 Å². The molecule has 1 unspecified atom stereocenters. The third-order valence-corrected chi connectivity index (χ3v) is 3.67. The fourth-order valence-corrected chi connectivity index (χ4v) is 1.84. The van der Waals surface area contributed by atoms with Gasteiger partial charge in [-0.25, -0.2) is 8.42 Å². The van der Waals surface area contributed by atoms with E-state index in [-0.39, 0.29) is 11.5 Å². The number of sulfone groups is 1. The van der Waals surface area contributed by atoms with E-state index < -0.39 is 15.4 Å². The molecule has 1 aromatic carbocycles. The van der Waals surface area contributed by atoms with Gasteiger partial charge >= 0.3 is 0 Å². The van der Waals surface area contributed by atoms with Crippen LogP contribution in [0.1, 0.15) is 6.92 Å². The Kier molecular flexibility index (Phi) is 4.33. The van der Waals surface area contributed by atoms with Gasteiger partial charge in [-0.2, -0.15) is 5.26 Å². The third-order valence-electron chi connectivity index (χ3n) is 2.56. The second-order valence-electron chi connectivity index (χ2n) is 4.23. The van der Waals surface area contributed by atoms with Crippen molar-refractivity contribution in [1.82, 2.24) is 5.32 Å². The molecule has 98 valence electrons. The van der Waals surface area contributed by atoms with Crippen LogP contribution in [0.25, 0.3) is 0 Å². The monoisotopic (exact) mass is 268 g/mol. The third kappa shape index (κ3) is 3.72. The molecule has 0 radical (unpaired) electrons. The summed E-state index contributed by atoms with van der Waals surface area (Å²) in [5.41, 5.74) is -0.804. The van der Waals surface area contributed by atoms with Crippen LogP contribution in [0.4, 0.5) is 0 Å². The first-order valence-corrected chi connectivity index (χ1v) is 7.23. The molecule has 0 bridgehead atoms. The fourth-order valence-electron chi connectivity index (χ4n) is 1.18. The molecule has 1 atom stereocenters. The van der Waals surface area contributed by atoms with E-state index in [4.69, 9.17) is 10.00 Å². The Morgan fingerprint density at radius 1 is 1.50 bits per heavy atom. The molecule has 1 rings (SSSR count). The highest BCUT2D eigenvalue weighted by molar-refractivity contribution is 7.90. The van der Waals surface area contributed by atoms with Gasteiger partial charge in [0.2, 0.25) is 0 Å². The quantitative estimate of drug-likeness (QED) is 0.860. The summed E-state index contributed by atoms with van der Waals surface area (Å²) in [7, 11) is -1.58. The summed E-state index contributed by atoms with van der Waals surface area (Å²) in [5, 5.41) is 11.8. The number of hydrogen-bond acceptors (Lipinski definition) is 5. The van der Waals surface area contributed by atoms with Crippen molar-refractivity contribution in [1.29, 1.82) is 5.26 Å². The van der Waals surface area contributed by atoms with E-state index in [1.165, 1.54) is 12.1 Å². The Morgan fingerprint density at radius 2 is 2.17 bits per heavy atom. The highest BCUT2D eigenvalue weighted by atomic mass is 32.2. The summed E-state index contributed by atoms with van der Waals surface area (Å²) >= 11 is 0. The summed E-state index contributed by atoms with van der Waals surface area (Å²) in [6.45, 7) is 1.83. The Balaban J connectivity index is 2.85. The zero-order valence-corrected chi connectivity index (χ0v) is 11.4. The minimum atomic E-state index is -3.25. The first kappa shape index (κ1) is 14.5. The Labute approximate surface area is 107 Å². The number of nitrogens with zero attached hydrogens (tertiary/aromatic N) is 1. The average Bonchev–Trinajstić information content (AvgIpc) is 2.35. The smallest absolute Gasteiger partial charge is 0.175 e. The number of hydrogen-bond donors (Lipinski definition) is 1. The largest absolute Gasteiger partial charge is 0.491 e. The molecule has 0 aliphatic carbocycles. The van der Waals surface area contributed by atoms with E-state index in [0.717, 1.165) is 6.26 Å². The molecular weight excluding hydrogens is 252 g/mol. The molecule has 0 aliphatic heterocycles. The molecule has 0 heterocycles. The Hall–Kier alpha value is -1.58. The van der Waals surface area contributed by atoms with E-state index in [0.29, 0.717) is 5.75 Å². The van der Waals surface area contributed by atoms with E-state index in [1.54, 1.807) is 26.1 Å². The van der Waals surface area contributed by atoms with Crippen LogP contribution in [0.3, 0.4) is 0 Å². The summed E-state index contributed by atoms with van der Waals surface area (Å²) in [6, 6.07) is 8.30. The van der Waals surface area contributed by atoms with Crippen LogP contribution < -0.4 is 10.1 Å². The van der Waals surface area contributed by atoms with E-state index in [2.05, 4.69) is 11.4 Å². The van der Waals surface area contributed by atoms with Gasteiger partial charge in [-0.1, -0.05) is 6.07 Å². The lowest BCUT2D eigenvalue weighted by molar-refractivity contribution is 0.242. The molecule has 0 fully saturated rings. The predicted octanol–water partition coefficient (Wildman–Crippen LogP) is 0.971. The van der Waals surface area contributed by atoms with Crippen molar-refractivity contribution in [2.45, 2.75) is 17.4 Å². The Morgan fingerprint density at radius 3 is 2.67 bits per heavy atom. The van der Waals surface area contributed by atoms with Gasteiger partial charge < -0.3 is 4.74 Å². The molecule has 0 saturated carbocycles. The van der Waals surface area contributed by atoms with Gasteiger partial charge in [0, 0.05) is 6.26 Å². The minimum Gasteiger partial charge on any atom is -0.491 e. The summed E-state index contributed by atoms with van der Waals surface area (Å²) in [6.07, 6.45) is 1.14. The lowest BCUT2D eigenvalue weighted by Gasteiger charge is -2.21. The van der Waals surface area contributed by atoms with Crippen molar-refractivity contribution in [2.75, 3.05) is 19.9 Å². The van der Waals surface area contributed by atoms with Crippen LogP contribution in [0.2, 0.25) is 0 Å². The zero-order chi connectivity index (χ0) is 13.8. The molecule has 1 N–H and O–H groups in total. The maximum Gasteiger partial charge on any atom is 0.175 e. The first-order chi connectivity index (χ1) is 8.30. The molecule has 0 spiro atoms. The first-order valence-electron chi connectivity index (χ1n) is 5.34. The predicted molar refractivity (Wildman–Crippen MR) is 68.1 cm³/mol. The standard InChI is InChI=1S/C12H16N2O3S/c1-12(8-13,14-2)9-17-10-5-4-6-11(7-10)18(3,15)16/h4-7,14H,9H2,1-3H3. The van der Waals surface area contributed by atoms with Crippen molar-refractivity contribution in [3.05, 3.63) is 24.3 Å². The van der Waals surface area contributed by atoms with Crippen molar-refractivity contribution < 1.29 is 13.2 Å². The number of rotatable bonds is 5. The lowest BCUT2D eigenvalue weighted by Crippen LogP contribution is -2.43. The van der Waals surface area contributed by atoms with Gasteiger partial charge in [0.1, 0.15) is 17.9 Å². The number of likely N-dealkylation sites (N-methyl/N-ethyl adjacent to an activating group) is 1. The molecule has 0 aliphatic rings. The van der Waals surface area contributed by atoms with E-state index >= 15 is 0 Å². The SMILES string of the molecule is CNC(C)(C#N)COc1cccc(S(C)(=O)=O)c1. The number of nitrogens with one attached hydrogen (secondary N) is 1. The molecule has 0 aromatic heterocycles. The number of benzene rings is 1. The molecule has 5 nitrogen and oxygen atoms in total. The van der Waals surface area contributed by atoms with Crippen LogP contribution in [-0.2, 0) is 9.84 Å². The van der Waals surface area contributed by atoms with Crippen LogP contribution in [0.5, 0.6) is 5.75 Å². The molecular formula is C12H16N2O3S. The molecule has 6 heteroatoms. The van der Waals surface area contributed by atoms with Crippen molar-refractivity contribution >= 4 is 9.84 Å². The van der Waals surface area contributed by atoms with Crippen LogP contribution in [0.15, 0.2) is 29.2 Å². The van der Waals surface area contributed by atoms with Gasteiger partial charge in [-0.15, -0.1) is 0 Å². The maximum atomic E-state index is 11.4. The highest BCUT2D eigenvalue weighted by Crippen LogP contribution is 2.18. The zero-order valence-electron chi connectivity index (χ0n) is 10.6. The second kappa shape index (κ2) is 5.38. The number of nitriles is 1. The molecule has 1 aromatic rings. The van der Waals surface area contributed by atoms with E-state index in [1.807, 2.05) is 0 Å². The summed E-state index contributed by atoms with van der Waals surface area (Å²) in [4.78, 5) is 0.197. The van der Waals surface area contributed by atoms with Gasteiger partial charge in [-0.05, 0) is 32.2 Å². The average molecular weight is 268 g/mol. The number of ether oxygens (including phenoxy) is 1. The van der Waals surface area contributed by atoms with Gasteiger partial charge in [0.15, 0.2) is 9.84 Å². The topological polar surface area (TPSA) is 79.2 Å². The summed E-state index contributed by atoms with van der Waals surface area (Å²) < 4.78 is 28.2. The van der Waals surface area contributed by atoms with Gasteiger partial charge in [0.25, 0.3) is 0 Å². The van der Waals surface area contributed by atoms with E-state index in [9.17, 15) is 8.42 Å². The highest BCUT2D eigenvalue weighted by Gasteiger charge is 2.22. The lowest BCUT2D eigenvalue weighted by atomic mass is 10.1. The van der Waals surface area contributed by atoms with Crippen LogP contribution in [0, 0.1) is 11.3 Å². The second-order valence-corrected chi connectivity index (χ2v) is 6.25. The molecule has 18 heavy (non-hydrogen) atoms. The van der Waals surface area contributed by atoms with Crippen LogP contribution in [-0.4, -0.2) is 33.9 Å². The fraction of sp³-hybridized carbons (Fsp3) is 0.417. The van der Waals surface area contributed by atoms with Crippen molar-refractivity contribution in [3.63, 3.8) is 0 Å². The maximum absolute atomic E-state index is 11.4. The summed E-state index contributed by atoms with van der Waals surface area (Å²) in [5.74, 6) is 0.426. The van der Waals surface area contributed by atoms with Crippen LogP contribution >= 0.6 is 0 Å². The van der Waals surface area contributed by atoms with Crippen molar-refractivity contribution in [2.24, 2.45) is 0 Å². The minimum absolute atomic E-state index is 0.132. The van der Waals surface area contributed by atoms with Gasteiger partial charge in [-0.3, -0.25) is 5.32 Å². The Bertz CT molecular complexity index is 563.